The molecule has 35 heavy (non-hydrogen) atoms. The zero-order valence-electron chi connectivity index (χ0n) is 20.2. The molecule has 2 aromatic heterocycles. The first-order valence-corrected chi connectivity index (χ1v) is 13.6. The maximum absolute atomic E-state index is 12.6. The van der Waals surface area contributed by atoms with Crippen LogP contribution in [-0.2, 0) is 11.3 Å². The van der Waals surface area contributed by atoms with Crippen LogP contribution in [-0.4, -0.2) is 38.0 Å². The lowest BCUT2D eigenvalue weighted by molar-refractivity contribution is -0.113. The number of unbranched alkanes of at least 4 members (excludes halogenated alkanes) is 1. The Kier molecular flexibility index (Phi) is 8.54. The first kappa shape index (κ1) is 24.9. The number of thiazole rings is 1. The van der Waals surface area contributed by atoms with Crippen LogP contribution in [0.15, 0.2) is 59.1 Å². The van der Waals surface area contributed by atoms with E-state index in [4.69, 9.17) is 4.74 Å². The predicted octanol–water partition coefficient (Wildman–Crippen LogP) is 6.31. The molecule has 0 unspecified atom stereocenters. The molecule has 2 aromatic carbocycles. The van der Waals surface area contributed by atoms with Crippen LogP contribution in [0.4, 0.5) is 5.13 Å². The van der Waals surface area contributed by atoms with Crippen LogP contribution in [0.2, 0.25) is 0 Å². The number of hydrogen-bond acceptors (Lipinski definition) is 7. The van der Waals surface area contributed by atoms with Gasteiger partial charge in [-0.1, -0.05) is 54.9 Å². The van der Waals surface area contributed by atoms with Crippen molar-refractivity contribution in [3.05, 3.63) is 59.5 Å². The highest BCUT2D eigenvalue weighted by Crippen LogP contribution is 2.27. The monoisotopic (exact) mass is 507 g/mol. The predicted molar refractivity (Wildman–Crippen MR) is 143 cm³/mol. The normalized spacial score (nSPS) is 10.9. The Morgan fingerprint density at radius 1 is 1.06 bits per heavy atom. The number of carbonyl (C=O) groups is 1. The molecule has 182 valence electrons. The number of aryl methyl sites for hydroxylation is 1. The van der Waals surface area contributed by atoms with Crippen molar-refractivity contribution < 1.29 is 9.53 Å². The van der Waals surface area contributed by atoms with E-state index in [1.165, 1.54) is 28.7 Å². The zero-order chi connectivity index (χ0) is 24.6. The van der Waals surface area contributed by atoms with Gasteiger partial charge in [0.05, 0.1) is 18.1 Å². The van der Waals surface area contributed by atoms with E-state index in [1.54, 1.807) is 0 Å². The minimum atomic E-state index is -0.124. The highest BCUT2D eigenvalue weighted by atomic mass is 32.2. The van der Waals surface area contributed by atoms with Gasteiger partial charge >= 0.3 is 0 Å². The van der Waals surface area contributed by atoms with Crippen molar-refractivity contribution in [2.24, 2.45) is 0 Å². The minimum Gasteiger partial charge on any atom is -0.494 e. The summed E-state index contributed by atoms with van der Waals surface area (Å²) in [6.45, 7) is 7.66. The number of aromatic nitrogens is 4. The molecule has 4 rings (SSSR count). The van der Waals surface area contributed by atoms with Crippen molar-refractivity contribution in [1.82, 2.24) is 19.7 Å². The fraction of sp³-hybridized carbons (Fsp3) is 0.308. The molecule has 0 spiro atoms. The van der Waals surface area contributed by atoms with Gasteiger partial charge in [-0.2, -0.15) is 0 Å². The largest absolute Gasteiger partial charge is 0.494 e. The van der Waals surface area contributed by atoms with E-state index in [-0.39, 0.29) is 11.7 Å². The summed E-state index contributed by atoms with van der Waals surface area (Å²) >= 11 is 2.78. The van der Waals surface area contributed by atoms with E-state index in [0.29, 0.717) is 16.8 Å². The van der Waals surface area contributed by atoms with E-state index in [1.807, 2.05) is 53.3 Å². The molecule has 7 nitrogen and oxygen atoms in total. The molecule has 0 aliphatic heterocycles. The molecular formula is C26H29N5O2S2. The Morgan fingerprint density at radius 2 is 1.80 bits per heavy atom. The van der Waals surface area contributed by atoms with Crippen LogP contribution >= 0.6 is 23.1 Å². The number of ether oxygens (including phenoxy) is 1. The number of nitrogens with one attached hydrogen (secondary N) is 1. The lowest BCUT2D eigenvalue weighted by Crippen LogP contribution is -2.14. The number of carbonyl (C=O) groups excluding carboxylic acids is 1. The van der Waals surface area contributed by atoms with E-state index in [9.17, 15) is 4.79 Å². The molecule has 0 radical (unpaired) electrons. The van der Waals surface area contributed by atoms with Gasteiger partial charge in [0.2, 0.25) is 5.91 Å². The van der Waals surface area contributed by atoms with Crippen LogP contribution in [0.3, 0.4) is 0 Å². The van der Waals surface area contributed by atoms with E-state index in [2.05, 4.69) is 46.5 Å². The van der Waals surface area contributed by atoms with Gasteiger partial charge in [0.15, 0.2) is 16.1 Å². The molecule has 4 aromatic rings. The quantitative estimate of drug-likeness (QED) is 0.189. The van der Waals surface area contributed by atoms with Gasteiger partial charge in [-0.05, 0) is 44.5 Å². The molecule has 0 aliphatic carbocycles. The number of nitrogens with zero attached hydrogens (tertiary/aromatic N) is 4. The summed E-state index contributed by atoms with van der Waals surface area (Å²) in [5, 5.41) is 14.8. The SMILES string of the molecule is CCCCOc1ccc(-c2nnc(SCC(=O)Nc3nc(-c4ccc(C)cc4)cs3)n2CC)cc1. The minimum absolute atomic E-state index is 0.124. The molecule has 0 aliphatic rings. The number of rotatable bonds is 11. The number of thioether (sulfide) groups is 1. The first-order valence-electron chi connectivity index (χ1n) is 11.7. The van der Waals surface area contributed by atoms with Gasteiger partial charge in [-0.3, -0.25) is 4.79 Å². The standard InChI is InChI=1S/C26H29N5O2S2/c1-4-6-15-33-21-13-11-20(12-14-21)24-29-30-26(31(24)5-2)35-17-23(32)28-25-27-22(16-34-25)19-9-7-18(3)8-10-19/h7-14,16H,4-6,15,17H2,1-3H3,(H,27,28,32). The van der Waals surface area contributed by atoms with Gasteiger partial charge in [0.25, 0.3) is 0 Å². The number of hydrogen-bond donors (Lipinski definition) is 1. The van der Waals surface area contributed by atoms with E-state index in [0.717, 1.165) is 47.8 Å². The van der Waals surface area contributed by atoms with Crippen LogP contribution in [0.5, 0.6) is 5.75 Å². The van der Waals surface area contributed by atoms with Gasteiger partial charge in [0.1, 0.15) is 5.75 Å². The van der Waals surface area contributed by atoms with Crippen LogP contribution in [0.1, 0.15) is 32.3 Å². The van der Waals surface area contributed by atoms with E-state index < -0.39 is 0 Å². The molecule has 0 bridgehead atoms. The maximum Gasteiger partial charge on any atom is 0.236 e. The molecule has 0 atom stereocenters. The van der Waals surface area contributed by atoms with Gasteiger partial charge in [0, 0.05) is 23.1 Å². The second-order valence-corrected chi connectivity index (χ2v) is 9.82. The Labute approximate surface area is 214 Å². The Bertz CT molecular complexity index is 1250. The maximum atomic E-state index is 12.6. The van der Waals surface area contributed by atoms with Gasteiger partial charge in [-0.25, -0.2) is 4.98 Å². The molecule has 0 fully saturated rings. The Balaban J connectivity index is 1.35. The molecule has 9 heteroatoms. The molecule has 1 N–H and O–H groups in total. The zero-order valence-corrected chi connectivity index (χ0v) is 21.8. The average Bonchev–Trinajstić information content (AvgIpc) is 3.50. The first-order chi connectivity index (χ1) is 17.1. The summed E-state index contributed by atoms with van der Waals surface area (Å²) in [5.74, 6) is 1.73. The number of anilines is 1. The van der Waals surface area contributed by atoms with Crippen molar-refractivity contribution in [2.45, 2.75) is 45.3 Å². The smallest absolute Gasteiger partial charge is 0.236 e. The third-order valence-corrected chi connectivity index (χ3v) is 7.07. The summed E-state index contributed by atoms with van der Waals surface area (Å²) in [4.78, 5) is 17.1. The molecular weight excluding hydrogens is 478 g/mol. The van der Waals surface area contributed by atoms with Crippen LogP contribution in [0.25, 0.3) is 22.6 Å². The number of benzene rings is 2. The Hall–Kier alpha value is -3.17. The van der Waals surface area contributed by atoms with Crippen molar-refractivity contribution in [2.75, 3.05) is 17.7 Å². The van der Waals surface area contributed by atoms with E-state index >= 15 is 0 Å². The third kappa shape index (κ3) is 6.49. The summed E-state index contributed by atoms with van der Waals surface area (Å²) in [7, 11) is 0. The van der Waals surface area contributed by atoms with Crippen molar-refractivity contribution in [3.63, 3.8) is 0 Å². The second-order valence-electron chi connectivity index (χ2n) is 8.02. The lowest BCUT2D eigenvalue weighted by atomic mass is 10.1. The lowest BCUT2D eigenvalue weighted by Gasteiger charge is -2.09. The summed E-state index contributed by atoms with van der Waals surface area (Å²) < 4.78 is 7.77. The second kappa shape index (κ2) is 12.0. The molecule has 0 saturated heterocycles. The van der Waals surface area contributed by atoms with Crippen LogP contribution < -0.4 is 10.1 Å². The fourth-order valence-electron chi connectivity index (χ4n) is 3.40. The fourth-order valence-corrected chi connectivity index (χ4v) is 4.94. The average molecular weight is 508 g/mol. The Morgan fingerprint density at radius 3 is 2.51 bits per heavy atom. The third-order valence-electron chi connectivity index (χ3n) is 5.34. The van der Waals surface area contributed by atoms with Crippen molar-refractivity contribution >= 4 is 34.1 Å². The van der Waals surface area contributed by atoms with Gasteiger partial charge < -0.3 is 14.6 Å². The summed E-state index contributed by atoms with van der Waals surface area (Å²) in [6, 6.07) is 16.1. The highest BCUT2D eigenvalue weighted by Gasteiger charge is 2.15. The topological polar surface area (TPSA) is 81.9 Å². The van der Waals surface area contributed by atoms with Gasteiger partial charge in [-0.15, -0.1) is 21.5 Å². The number of amides is 1. The van der Waals surface area contributed by atoms with Crippen molar-refractivity contribution in [1.29, 1.82) is 0 Å². The highest BCUT2D eigenvalue weighted by molar-refractivity contribution is 7.99. The summed E-state index contributed by atoms with van der Waals surface area (Å²) in [6.07, 6.45) is 2.14. The molecule has 2 heterocycles. The summed E-state index contributed by atoms with van der Waals surface area (Å²) in [5.41, 5.74) is 4.05. The molecule has 0 saturated carbocycles. The van der Waals surface area contributed by atoms with Crippen LogP contribution in [0, 0.1) is 6.92 Å². The molecule has 1 amide bonds. The van der Waals surface area contributed by atoms with Crippen molar-refractivity contribution in [3.8, 4) is 28.4 Å².